The number of rotatable bonds is 4. The van der Waals surface area contributed by atoms with Gasteiger partial charge in [0.05, 0.1) is 5.69 Å². The van der Waals surface area contributed by atoms with Gasteiger partial charge in [-0.15, -0.1) is 11.3 Å². The standard InChI is InChI=1S/C14H15FN2O2S/c1-8(19-3)14-17-13(7-20-14)11-5-4-10(6-12(11)15)16-9(2)18/h4-8H,1-3H3,(H,16,18)/t8-/m1/s1. The molecule has 20 heavy (non-hydrogen) atoms. The predicted molar refractivity (Wildman–Crippen MR) is 77.2 cm³/mol. The molecular formula is C14H15FN2O2S. The molecular weight excluding hydrogens is 279 g/mol. The maximum absolute atomic E-state index is 14.1. The van der Waals surface area contributed by atoms with Gasteiger partial charge in [0.1, 0.15) is 16.9 Å². The number of benzene rings is 1. The minimum Gasteiger partial charge on any atom is -0.375 e. The monoisotopic (exact) mass is 294 g/mol. The molecule has 0 saturated heterocycles. The molecule has 0 bridgehead atoms. The number of ether oxygens (including phenoxy) is 1. The van der Waals surface area contributed by atoms with E-state index in [0.717, 1.165) is 5.01 Å². The lowest BCUT2D eigenvalue weighted by atomic mass is 10.1. The van der Waals surface area contributed by atoms with Crippen LogP contribution in [0.5, 0.6) is 0 Å². The first-order chi connectivity index (χ1) is 9.51. The van der Waals surface area contributed by atoms with Crippen molar-refractivity contribution < 1.29 is 13.9 Å². The zero-order chi connectivity index (χ0) is 14.7. The highest BCUT2D eigenvalue weighted by atomic mass is 32.1. The summed E-state index contributed by atoms with van der Waals surface area (Å²) in [5, 5.41) is 5.13. The van der Waals surface area contributed by atoms with Crippen molar-refractivity contribution in [2.24, 2.45) is 0 Å². The Morgan fingerprint density at radius 2 is 2.25 bits per heavy atom. The van der Waals surface area contributed by atoms with Crippen molar-refractivity contribution in [1.29, 1.82) is 0 Å². The van der Waals surface area contributed by atoms with Gasteiger partial charge < -0.3 is 10.1 Å². The third-order valence-electron chi connectivity index (χ3n) is 2.79. The second-order valence-electron chi connectivity index (χ2n) is 4.32. The Labute approximate surface area is 120 Å². The molecule has 0 aliphatic carbocycles. The number of halogens is 1. The quantitative estimate of drug-likeness (QED) is 0.937. The third-order valence-corrected chi connectivity index (χ3v) is 3.79. The lowest BCUT2D eigenvalue weighted by molar-refractivity contribution is -0.114. The molecule has 106 valence electrons. The van der Waals surface area contributed by atoms with Gasteiger partial charge in [0.2, 0.25) is 5.91 Å². The predicted octanol–water partition coefficient (Wildman–Crippen LogP) is 3.62. The Hall–Kier alpha value is -1.79. The normalized spacial score (nSPS) is 12.2. The largest absolute Gasteiger partial charge is 0.375 e. The van der Waals surface area contributed by atoms with Gasteiger partial charge in [-0.25, -0.2) is 9.37 Å². The van der Waals surface area contributed by atoms with Gasteiger partial charge in [-0.3, -0.25) is 4.79 Å². The summed E-state index contributed by atoms with van der Waals surface area (Å²) in [6.45, 7) is 3.27. The molecule has 0 fully saturated rings. The summed E-state index contributed by atoms with van der Waals surface area (Å²) >= 11 is 1.43. The van der Waals surface area contributed by atoms with E-state index in [2.05, 4.69) is 10.3 Å². The fourth-order valence-corrected chi connectivity index (χ4v) is 2.55. The molecule has 2 rings (SSSR count). The first-order valence-electron chi connectivity index (χ1n) is 6.07. The first-order valence-corrected chi connectivity index (χ1v) is 6.95. The van der Waals surface area contributed by atoms with Crippen molar-refractivity contribution >= 4 is 22.9 Å². The van der Waals surface area contributed by atoms with Crippen molar-refractivity contribution in [3.05, 3.63) is 34.4 Å². The minimum atomic E-state index is -0.418. The molecule has 0 spiro atoms. The van der Waals surface area contributed by atoms with Crippen molar-refractivity contribution in [2.45, 2.75) is 20.0 Å². The molecule has 1 amide bonds. The highest BCUT2D eigenvalue weighted by Crippen LogP contribution is 2.29. The molecule has 0 aliphatic rings. The molecule has 0 radical (unpaired) electrons. The average molecular weight is 294 g/mol. The van der Waals surface area contributed by atoms with Gasteiger partial charge in [0, 0.05) is 30.7 Å². The van der Waals surface area contributed by atoms with Gasteiger partial charge >= 0.3 is 0 Å². The van der Waals surface area contributed by atoms with Crippen molar-refractivity contribution in [3.63, 3.8) is 0 Å². The Balaban J connectivity index is 2.29. The van der Waals surface area contributed by atoms with Crippen LogP contribution in [-0.4, -0.2) is 18.0 Å². The first kappa shape index (κ1) is 14.6. The minimum absolute atomic E-state index is 0.115. The van der Waals surface area contributed by atoms with E-state index in [9.17, 15) is 9.18 Å². The highest BCUT2D eigenvalue weighted by Gasteiger charge is 2.13. The summed E-state index contributed by atoms with van der Waals surface area (Å²) in [5.41, 5.74) is 1.41. The molecule has 1 atom stereocenters. The second-order valence-corrected chi connectivity index (χ2v) is 5.21. The summed E-state index contributed by atoms with van der Waals surface area (Å²) in [4.78, 5) is 15.3. The molecule has 1 aromatic heterocycles. The van der Waals surface area contributed by atoms with Crippen molar-refractivity contribution in [1.82, 2.24) is 4.98 Å². The van der Waals surface area contributed by atoms with Crippen molar-refractivity contribution in [2.75, 3.05) is 12.4 Å². The van der Waals surface area contributed by atoms with E-state index in [-0.39, 0.29) is 12.0 Å². The van der Waals surface area contributed by atoms with Crippen LogP contribution in [0.2, 0.25) is 0 Å². The van der Waals surface area contributed by atoms with Crippen LogP contribution in [0.3, 0.4) is 0 Å². The van der Waals surface area contributed by atoms with Crippen molar-refractivity contribution in [3.8, 4) is 11.3 Å². The number of anilines is 1. The van der Waals surface area contributed by atoms with Crippen LogP contribution in [0, 0.1) is 5.82 Å². The van der Waals surface area contributed by atoms with E-state index >= 15 is 0 Å². The highest BCUT2D eigenvalue weighted by molar-refractivity contribution is 7.10. The number of carbonyl (C=O) groups excluding carboxylic acids is 1. The van der Waals surface area contributed by atoms with Gasteiger partial charge in [0.25, 0.3) is 0 Å². The van der Waals surface area contributed by atoms with Crippen LogP contribution >= 0.6 is 11.3 Å². The average Bonchev–Trinajstić information content (AvgIpc) is 2.86. The SMILES string of the molecule is CO[C@H](C)c1nc(-c2ccc(NC(C)=O)cc2F)cs1. The second kappa shape index (κ2) is 6.11. The number of thiazole rings is 1. The number of hydrogen-bond donors (Lipinski definition) is 1. The van der Waals surface area contributed by atoms with E-state index in [1.807, 2.05) is 6.92 Å². The Bertz CT molecular complexity index is 627. The lowest BCUT2D eigenvalue weighted by Gasteiger charge is -2.06. The molecule has 1 N–H and O–H groups in total. The topological polar surface area (TPSA) is 51.2 Å². The zero-order valence-corrected chi connectivity index (χ0v) is 12.3. The van der Waals surface area contributed by atoms with Gasteiger partial charge in [0.15, 0.2) is 0 Å². The van der Waals surface area contributed by atoms with E-state index in [1.54, 1.807) is 24.6 Å². The number of aromatic nitrogens is 1. The maximum atomic E-state index is 14.1. The lowest BCUT2D eigenvalue weighted by Crippen LogP contribution is -2.06. The third kappa shape index (κ3) is 3.20. The van der Waals surface area contributed by atoms with Gasteiger partial charge in [-0.1, -0.05) is 0 Å². The fourth-order valence-electron chi connectivity index (χ4n) is 1.70. The summed E-state index contributed by atoms with van der Waals surface area (Å²) in [7, 11) is 1.61. The molecule has 1 aromatic carbocycles. The number of amides is 1. The van der Waals surface area contributed by atoms with Gasteiger partial charge in [-0.2, -0.15) is 0 Å². The van der Waals surface area contributed by atoms with E-state index < -0.39 is 5.82 Å². The molecule has 4 nitrogen and oxygen atoms in total. The Kier molecular flexibility index (Phi) is 4.46. The Morgan fingerprint density at radius 1 is 1.50 bits per heavy atom. The number of nitrogens with zero attached hydrogens (tertiary/aromatic N) is 1. The summed E-state index contributed by atoms with van der Waals surface area (Å²) < 4.78 is 19.2. The smallest absolute Gasteiger partial charge is 0.221 e. The Morgan fingerprint density at radius 3 is 2.85 bits per heavy atom. The number of hydrogen-bond acceptors (Lipinski definition) is 4. The molecule has 0 aliphatic heterocycles. The van der Waals surface area contributed by atoms with Crippen LogP contribution in [-0.2, 0) is 9.53 Å². The van der Waals surface area contributed by atoms with Crippen LogP contribution in [0.4, 0.5) is 10.1 Å². The maximum Gasteiger partial charge on any atom is 0.221 e. The van der Waals surface area contributed by atoms with E-state index in [0.29, 0.717) is 16.9 Å². The summed E-state index contributed by atoms with van der Waals surface area (Å²) in [6.07, 6.45) is -0.115. The fraction of sp³-hybridized carbons (Fsp3) is 0.286. The molecule has 2 aromatic rings. The molecule has 0 saturated carbocycles. The van der Waals surface area contributed by atoms with E-state index in [1.165, 1.54) is 24.3 Å². The van der Waals surface area contributed by atoms with E-state index in [4.69, 9.17) is 4.74 Å². The summed E-state index contributed by atoms with van der Waals surface area (Å²) in [6, 6.07) is 4.55. The number of nitrogens with one attached hydrogen (secondary N) is 1. The van der Waals surface area contributed by atoms with Gasteiger partial charge in [-0.05, 0) is 25.1 Å². The van der Waals surface area contributed by atoms with Crippen LogP contribution in [0.25, 0.3) is 11.3 Å². The molecule has 0 unspecified atom stereocenters. The zero-order valence-electron chi connectivity index (χ0n) is 11.4. The number of carbonyl (C=O) groups is 1. The van der Waals surface area contributed by atoms with Crippen LogP contribution in [0.1, 0.15) is 25.0 Å². The van der Waals surface area contributed by atoms with Crippen LogP contribution < -0.4 is 5.32 Å². The molecule has 1 heterocycles. The number of methoxy groups -OCH3 is 1. The van der Waals surface area contributed by atoms with Crippen LogP contribution in [0.15, 0.2) is 23.6 Å². The molecule has 6 heteroatoms. The summed E-state index contributed by atoms with van der Waals surface area (Å²) in [5.74, 6) is -0.653.